The third kappa shape index (κ3) is 5.08. The second kappa shape index (κ2) is 10.3. The number of H-pyrrole nitrogens is 2. The van der Waals surface area contributed by atoms with Gasteiger partial charge in [0.1, 0.15) is 0 Å². The Labute approximate surface area is 231 Å². The Bertz CT molecular complexity index is 2000. The summed E-state index contributed by atoms with van der Waals surface area (Å²) >= 11 is 0. The van der Waals surface area contributed by atoms with Gasteiger partial charge in [-0.15, -0.1) is 0 Å². The summed E-state index contributed by atoms with van der Waals surface area (Å²) in [5, 5.41) is 1.20. The van der Waals surface area contributed by atoms with Gasteiger partial charge in [-0.2, -0.15) is 0 Å². The molecule has 6 heterocycles. The Kier molecular flexibility index (Phi) is 6.07. The summed E-state index contributed by atoms with van der Waals surface area (Å²) in [6.45, 7) is 0. The molecule has 6 aromatic rings. The van der Waals surface area contributed by atoms with Gasteiger partial charge < -0.3 is 9.97 Å². The number of fused-ring (bicyclic) bond motifs is 9. The smallest absolute Gasteiger partial charge is 0.0701 e. The standard InChI is InChI=1S/C26H18N4.C9H7N/c1-2-4-17(5-3-1)25-15-24-14-22-9-8-20(28-22)12-18-6-7-19(27-18)13-21-10-11-23(29-21)16-26(25)30-24;1-2-6-9-8(4-1)5-3-7-10-9/h1-16,27,30H;1-7H. The first-order valence-electron chi connectivity index (χ1n) is 13.2. The number of nitrogens with zero attached hydrogens (tertiary/aromatic N) is 3. The van der Waals surface area contributed by atoms with E-state index in [0.29, 0.717) is 0 Å². The molecule has 2 N–H and O–H groups in total. The van der Waals surface area contributed by atoms with Gasteiger partial charge in [0.25, 0.3) is 0 Å². The zero-order valence-corrected chi connectivity index (χ0v) is 21.6. The van der Waals surface area contributed by atoms with Crippen LogP contribution >= 0.6 is 0 Å². The van der Waals surface area contributed by atoms with E-state index in [2.05, 4.69) is 87.7 Å². The summed E-state index contributed by atoms with van der Waals surface area (Å²) in [5.41, 5.74) is 11.1. The molecule has 8 bridgehead atoms. The van der Waals surface area contributed by atoms with E-state index < -0.39 is 0 Å². The van der Waals surface area contributed by atoms with Crippen LogP contribution in [-0.4, -0.2) is 24.9 Å². The molecule has 5 heteroatoms. The molecule has 2 aromatic carbocycles. The van der Waals surface area contributed by atoms with Gasteiger partial charge in [0.05, 0.1) is 28.3 Å². The number of rotatable bonds is 1. The summed E-state index contributed by atoms with van der Waals surface area (Å²) < 4.78 is 0. The maximum Gasteiger partial charge on any atom is 0.0701 e. The number of para-hydroxylation sites is 1. The first-order valence-corrected chi connectivity index (χ1v) is 13.2. The molecule has 0 fully saturated rings. The minimum atomic E-state index is 0.922. The number of nitrogens with one attached hydrogen (secondary N) is 2. The molecule has 2 aliphatic rings. The zero-order valence-electron chi connectivity index (χ0n) is 21.6. The molecule has 5 nitrogen and oxygen atoms in total. The van der Waals surface area contributed by atoms with E-state index in [1.165, 1.54) is 10.9 Å². The molecule has 4 aromatic heterocycles. The average molecular weight is 516 g/mol. The fraction of sp³-hybridized carbons (Fsp3) is 0. The maximum atomic E-state index is 4.77. The number of pyridine rings is 1. The van der Waals surface area contributed by atoms with Crippen molar-refractivity contribution >= 4 is 57.3 Å². The third-order valence-corrected chi connectivity index (χ3v) is 6.77. The SMILES string of the molecule is C1=Cc2cc3cc(-c4ccccc4)c(cc4nc(cc5ccc(cc1n2)[nH]5)C=C4)[nH]3.c1ccc2ncccc2c1. The molecule has 0 unspecified atom stereocenters. The van der Waals surface area contributed by atoms with Crippen LogP contribution < -0.4 is 0 Å². The van der Waals surface area contributed by atoms with Gasteiger partial charge in [0.15, 0.2) is 0 Å². The highest BCUT2D eigenvalue weighted by Gasteiger charge is 2.06. The molecule has 40 heavy (non-hydrogen) atoms. The van der Waals surface area contributed by atoms with Crippen molar-refractivity contribution in [2.24, 2.45) is 0 Å². The van der Waals surface area contributed by atoms with Crippen molar-refractivity contribution in [3.63, 3.8) is 0 Å². The van der Waals surface area contributed by atoms with Gasteiger partial charge in [0.2, 0.25) is 0 Å². The highest BCUT2D eigenvalue weighted by atomic mass is 14.8. The van der Waals surface area contributed by atoms with Crippen molar-refractivity contribution in [2.45, 2.75) is 0 Å². The van der Waals surface area contributed by atoms with Crippen molar-refractivity contribution in [1.29, 1.82) is 0 Å². The van der Waals surface area contributed by atoms with Crippen molar-refractivity contribution in [3.8, 4) is 11.1 Å². The quantitative estimate of drug-likeness (QED) is 0.230. The van der Waals surface area contributed by atoms with Gasteiger partial charge in [-0.3, -0.25) is 4.98 Å². The second-order valence-electron chi connectivity index (χ2n) is 9.65. The summed E-state index contributed by atoms with van der Waals surface area (Å²) in [6, 6.07) is 37.0. The predicted molar refractivity (Wildman–Crippen MR) is 166 cm³/mol. The van der Waals surface area contributed by atoms with Gasteiger partial charge in [-0.05, 0) is 84.5 Å². The van der Waals surface area contributed by atoms with E-state index in [0.717, 1.165) is 55.9 Å². The summed E-state index contributed by atoms with van der Waals surface area (Å²) in [6.07, 6.45) is 9.96. The third-order valence-electron chi connectivity index (χ3n) is 6.77. The van der Waals surface area contributed by atoms with Crippen LogP contribution in [0.1, 0.15) is 22.8 Å². The molecule has 2 aliphatic heterocycles. The highest BCUT2D eigenvalue weighted by molar-refractivity contribution is 5.87. The summed E-state index contributed by atoms with van der Waals surface area (Å²) in [7, 11) is 0. The normalized spacial score (nSPS) is 11.8. The monoisotopic (exact) mass is 515 g/mol. The van der Waals surface area contributed by atoms with E-state index >= 15 is 0 Å². The number of aromatic nitrogens is 5. The Morgan fingerprint density at radius 3 is 1.77 bits per heavy atom. The molecular weight excluding hydrogens is 490 g/mol. The molecule has 0 spiro atoms. The highest BCUT2D eigenvalue weighted by Crippen LogP contribution is 2.27. The molecule has 0 atom stereocenters. The molecule has 0 aliphatic carbocycles. The van der Waals surface area contributed by atoms with Crippen LogP contribution in [0.2, 0.25) is 0 Å². The van der Waals surface area contributed by atoms with E-state index in [-0.39, 0.29) is 0 Å². The lowest BCUT2D eigenvalue weighted by Gasteiger charge is -1.97. The minimum absolute atomic E-state index is 0.922. The Morgan fingerprint density at radius 1 is 0.475 bits per heavy atom. The molecule has 0 saturated carbocycles. The molecular formula is C35H25N5. The van der Waals surface area contributed by atoms with Crippen molar-refractivity contribution in [1.82, 2.24) is 24.9 Å². The number of benzene rings is 2. The molecule has 0 amide bonds. The lowest BCUT2D eigenvalue weighted by Crippen LogP contribution is -1.77. The lowest BCUT2D eigenvalue weighted by molar-refractivity contribution is 1.31. The van der Waals surface area contributed by atoms with Crippen LogP contribution in [0.25, 0.3) is 68.4 Å². The van der Waals surface area contributed by atoms with Crippen LogP contribution in [-0.2, 0) is 0 Å². The largest absolute Gasteiger partial charge is 0.355 e. The maximum absolute atomic E-state index is 4.77. The zero-order chi connectivity index (χ0) is 26.7. The molecule has 190 valence electrons. The van der Waals surface area contributed by atoms with Gasteiger partial charge >= 0.3 is 0 Å². The van der Waals surface area contributed by atoms with Crippen LogP contribution in [0.15, 0.2) is 115 Å². The van der Waals surface area contributed by atoms with Crippen molar-refractivity contribution in [2.75, 3.05) is 0 Å². The van der Waals surface area contributed by atoms with Crippen LogP contribution in [0.4, 0.5) is 0 Å². The molecule has 0 radical (unpaired) electrons. The van der Waals surface area contributed by atoms with E-state index in [9.17, 15) is 0 Å². The van der Waals surface area contributed by atoms with Gasteiger partial charge in [0, 0.05) is 39.2 Å². The summed E-state index contributed by atoms with van der Waals surface area (Å²) in [4.78, 5) is 20.6. The predicted octanol–water partition coefficient (Wildman–Crippen LogP) is 8.56. The van der Waals surface area contributed by atoms with E-state index in [1.54, 1.807) is 0 Å². The van der Waals surface area contributed by atoms with Crippen LogP contribution in [0.3, 0.4) is 0 Å². The van der Waals surface area contributed by atoms with Crippen LogP contribution in [0, 0.1) is 0 Å². The van der Waals surface area contributed by atoms with Crippen LogP contribution in [0.5, 0.6) is 0 Å². The molecule has 8 rings (SSSR count). The summed E-state index contributed by atoms with van der Waals surface area (Å²) in [5.74, 6) is 0. The Hall–Kier alpha value is -5.55. The first-order chi connectivity index (χ1) is 19.7. The first kappa shape index (κ1) is 23.6. The lowest BCUT2D eigenvalue weighted by atomic mass is 10.1. The average Bonchev–Trinajstić information content (AvgIpc) is 3.80. The topological polar surface area (TPSA) is 70.2 Å². The number of aromatic amines is 2. The Morgan fingerprint density at radius 2 is 1.07 bits per heavy atom. The fourth-order valence-electron chi connectivity index (χ4n) is 4.89. The number of hydrogen-bond acceptors (Lipinski definition) is 3. The minimum Gasteiger partial charge on any atom is -0.355 e. The van der Waals surface area contributed by atoms with Gasteiger partial charge in [-0.1, -0.05) is 54.6 Å². The number of hydrogen-bond donors (Lipinski definition) is 2. The van der Waals surface area contributed by atoms with E-state index in [4.69, 9.17) is 9.97 Å². The van der Waals surface area contributed by atoms with Gasteiger partial charge in [-0.25, -0.2) is 9.97 Å². The fourth-order valence-corrected chi connectivity index (χ4v) is 4.89. The second-order valence-corrected chi connectivity index (χ2v) is 9.65. The Balaban J connectivity index is 0.000000222. The van der Waals surface area contributed by atoms with Crippen molar-refractivity contribution in [3.05, 3.63) is 138 Å². The van der Waals surface area contributed by atoms with E-state index in [1.807, 2.05) is 66.9 Å². The van der Waals surface area contributed by atoms with Crippen molar-refractivity contribution < 1.29 is 0 Å². The molecule has 0 saturated heterocycles.